The van der Waals surface area contributed by atoms with Crippen molar-refractivity contribution in [1.82, 2.24) is 10.3 Å². The summed E-state index contributed by atoms with van der Waals surface area (Å²) >= 11 is 0. The van der Waals surface area contributed by atoms with E-state index in [0.29, 0.717) is 5.75 Å². The first-order valence-corrected chi connectivity index (χ1v) is 14.1. The molecule has 0 aromatic heterocycles. The van der Waals surface area contributed by atoms with Gasteiger partial charge in [0, 0.05) is 12.1 Å². The number of methoxy groups -OCH3 is 1. The molecular weight excluding hydrogens is 526 g/mol. The van der Waals surface area contributed by atoms with Crippen LogP contribution >= 0.6 is 0 Å². The summed E-state index contributed by atoms with van der Waals surface area (Å²) in [5.74, 6) is -1.41. The maximum Gasteiger partial charge on any atom is 0.244 e. The minimum absolute atomic E-state index is 0.137. The molecule has 0 spiro atoms. The van der Waals surface area contributed by atoms with E-state index in [1.165, 1.54) is 4.90 Å². The van der Waals surface area contributed by atoms with E-state index >= 15 is 0 Å². The number of carbonyl (C=O) groups is 3. The molecule has 42 heavy (non-hydrogen) atoms. The third-order valence-electron chi connectivity index (χ3n) is 8.94. The molecule has 0 unspecified atom stereocenters. The second-order valence-electron chi connectivity index (χ2n) is 11.1. The van der Waals surface area contributed by atoms with E-state index in [2.05, 4.69) is 22.7 Å². The Hall–Kier alpha value is -5.04. The lowest BCUT2D eigenvalue weighted by Crippen LogP contribution is -2.54. The van der Waals surface area contributed by atoms with Gasteiger partial charge in [-0.2, -0.15) is 5.10 Å². The van der Waals surface area contributed by atoms with Gasteiger partial charge in [0.15, 0.2) is 0 Å². The maximum atomic E-state index is 14.3. The molecule has 3 aliphatic carbocycles. The number of amides is 3. The van der Waals surface area contributed by atoms with Crippen LogP contribution in [-0.2, 0) is 32.8 Å². The molecule has 0 radical (unpaired) electrons. The average Bonchev–Trinajstić information content (AvgIpc) is 3.28. The summed E-state index contributed by atoms with van der Waals surface area (Å²) in [7, 11) is 1.60. The van der Waals surface area contributed by atoms with Crippen molar-refractivity contribution in [3.63, 3.8) is 0 Å². The number of hydrogen-bond donors (Lipinski definition) is 1. The predicted molar refractivity (Wildman–Crippen MR) is 158 cm³/mol. The van der Waals surface area contributed by atoms with Gasteiger partial charge in [-0.05, 0) is 45.5 Å². The van der Waals surface area contributed by atoms with Crippen molar-refractivity contribution < 1.29 is 19.1 Å². The molecule has 1 N–H and O–H groups in total. The second kappa shape index (κ2) is 10.1. The van der Waals surface area contributed by atoms with Crippen LogP contribution in [0.3, 0.4) is 0 Å². The third-order valence-corrected chi connectivity index (χ3v) is 8.94. The van der Waals surface area contributed by atoms with Crippen LogP contribution in [0.15, 0.2) is 108 Å². The van der Waals surface area contributed by atoms with E-state index in [9.17, 15) is 14.4 Å². The Kier molecular flexibility index (Phi) is 6.23. The van der Waals surface area contributed by atoms with Gasteiger partial charge in [-0.15, -0.1) is 0 Å². The Morgan fingerprint density at radius 2 is 1.45 bits per heavy atom. The minimum Gasteiger partial charge on any atom is -0.497 e. The number of ether oxygens (including phenoxy) is 1. The zero-order valence-corrected chi connectivity index (χ0v) is 23.1. The molecule has 7 heteroatoms. The predicted octanol–water partition coefficient (Wildman–Crippen LogP) is 4.59. The average molecular weight is 556 g/mol. The lowest BCUT2D eigenvalue weighted by atomic mass is 9.47. The number of nitrogens with one attached hydrogen (secondary N) is 1. The molecule has 208 valence electrons. The molecule has 7 nitrogen and oxygen atoms in total. The number of imide groups is 1. The highest BCUT2D eigenvalue weighted by Crippen LogP contribution is 2.63. The second-order valence-corrected chi connectivity index (χ2v) is 11.1. The number of nitrogens with zero attached hydrogens (tertiary/aromatic N) is 2. The van der Waals surface area contributed by atoms with Gasteiger partial charge in [0.1, 0.15) is 5.75 Å². The van der Waals surface area contributed by atoms with Gasteiger partial charge in [0.25, 0.3) is 0 Å². The van der Waals surface area contributed by atoms with Gasteiger partial charge >= 0.3 is 0 Å². The molecule has 4 aromatic rings. The number of rotatable bonds is 7. The summed E-state index contributed by atoms with van der Waals surface area (Å²) in [6, 6.07) is 32.9. The van der Waals surface area contributed by atoms with Crippen LogP contribution < -0.4 is 10.2 Å². The molecule has 0 saturated carbocycles. The van der Waals surface area contributed by atoms with E-state index < -0.39 is 17.3 Å². The van der Waals surface area contributed by atoms with Crippen LogP contribution in [0.5, 0.6) is 5.75 Å². The molecule has 4 aliphatic rings. The van der Waals surface area contributed by atoms with Gasteiger partial charge < -0.3 is 4.74 Å². The Labute approximate surface area is 243 Å². The summed E-state index contributed by atoms with van der Waals surface area (Å²) in [5.41, 5.74) is 7.34. The number of hydrazone groups is 1. The maximum absolute atomic E-state index is 14.3. The normalized spacial score (nSPS) is 23.5. The highest BCUT2D eigenvalue weighted by Gasteiger charge is 2.67. The van der Waals surface area contributed by atoms with Gasteiger partial charge in [-0.3, -0.25) is 19.3 Å². The van der Waals surface area contributed by atoms with Crippen molar-refractivity contribution in [2.24, 2.45) is 16.9 Å². The Balaban J connectivity index is 1.29. The number of benzene rings is 4. The molecule has 2 atom stereocenters. The fourth-order valence-electron chi connectivity index (χ4n) is 7.21. The molecule has 1 heterocycles. The minimum atomic E-state index is -1.02. The van der Waals surface area contributed by atoms with Crippen molar-refractivity contribution in [3.05, 3.63) is 137 Å². The van der Waals surface area contributed by atoms with Gasteiger partial charge in [0.05, 0.1) is 37.3 Å². The van der Waals surface area contributed by atoms with E-state index in [1.54, 1.807) is 13.3 Å². The molecule has 4 aromatic carbocycles. The zero-order chi connectivity index (χ0) is 28.8. The van der Waals surface area contributed by atoms with Crippen LogP contribution in [-0.4, -0.2) is 35.9 Å². The van der Waals surface area contributed by atoms with Gasteiger partial charge in [0.2, 0.25) is 17.7 Å². The van der Waals surface area contributed by atoms with Crippen molar-refractivity contribution in [2.75, 3.05) is 7.11 Å². The highest BCUT2D eigenvalue weighted by molar-refractivity contribution is 6.11. The third kappa shape index (κ3) is 3.88. The van der Waals surface area contributed by atoms with Crippen molar-refractivity contribution >= 4 is 23.9 Å². The molecular formula is C35H29N3O4. The van der Waals surface area contributed by atoms with E-state index in [1.807, 2.05) is 91.0 Å². The monoisotopic (exact) mass is 555 g/mol. The zero-order valence-electron chi connectivity index (χ0n) is 23.1. The van der Waals surface area contributed by atoms with Crippen LogP contribution in [0.2, 0.25) is 0 Å². The number of likely N-dealkylation sites (tertiary alicyclic amines) is 1. The summed E-state index contributed by atoms with van der Waals surface area (Å²) in [6.45, 7) is 0.219. The highest BCUT2D eigenvalue weighted by atomic mass is 16.5. The van der Waals surface area contributed by atoms with Crippen molar-refractivity contribution in [1.29, 1.82) is 0 Å². The molecule has 1 saturated heterocycles. The SMILES string of the molecule is COc1ccc(CC(=O)N/N=C\C23c4ccccc4C(c4ccccc42)[C@@H]2C(=O)N(Cc4ccccc4)C(=O)[C@H]23)cc1. The fraction of sp³-hybridized carbons (Fsp3) is 0.200. The summed E-state index contributed by atoms with van der Waals surface area (Å²) < 4.78 is 5.20. The standard InChI is InChI=1S/C35H29N3O4/c1-42-24-17-15-22(16-18-24)19-29(39)37-36-21-35-27-13-7-5-11-25(27)30(26-12-6-8-14-28(26)35)31-32(35)34(41)38(33(31)40)20-23-9-3-2-4-10-23/h2-18,21,30-32H,19-20H2,1H3,(H,37,39)/b36-21-/t30?,31-,32-,35?/m0/s1. The lowest BCUT2D eigenvalue weighted by Gasteiger charge is -2.52. The Bertz CT molecular complexity index is 1680. The number of hydrogen-bond acceptors (Lipinski definition) is 5. The summed E-state index contributed by atoms with van der Waals surface area (Å²) in [6.07, 6.45) is 1.83. The van der Waals surface area contributed by atoms with E-state index in [-0.39, 0.29) is 36.6 Å². The molecule has 1 fully saturated rings. The number of carbonyl (C=O) groups excluding carboxylic acids is 3. The quantitative estimate of drug-likeness (QED) is 0.205. The summed E-state index contributed by atoms with van der Waals surface area (Å²) in [5, 5.41) is 4.49. The lowest BCUT2D eigenvalue weighted by molar-refractivity contribution is -0.140. The first-order valence-electron chi connectivity index (χ1n) is 14.1. The van der Waals surface area contributed by atoms with Gasteiger partial charge in [-0.25, -0.2) is 5.43 Å². The van der Waals surface area contributed by atoms with Crippen molar-refractivity contribution in [3.8, 4) is 5.75 Å². The summed E-state index contributed by atoms with van der Waals surface area (Å²) in [4.78, 5) is 42.8. The Morgan fingerprint density at radius 3 is 2.10 bits per heavy atom. The van der Waals surface area contributed by atoms with E-state index in [0.717, 1.165) is 33.4 Å². The fourth-order valence-corrected chi connectivity index (χ4v) is 7.21. The van der Waals surface area contributed by atoms with Gasteiger partial charge in [-0.1, -0.05) is 91.0 Å². The molecule has 8 rings (SSSR count). The molecule has 2 bridgehead atoms. The van der Waals surface area contributed by atoms with Crippen LogP contribution in [0.25, 0.3) is 0 Å². The first kappa shape index (κ1) is 25.9. The topological polar surface area (TPSA) is 88.1 Å². The largest absolute Gasteiger partial charge is 0.497 e. The first-order chi connectivity index (χ1) is 20.5. The Morgan fingerprint density at radius 1 is 0.833 bits per heavy atom. The van der Waals surface area contributed by atoms with E-state index in [4.69, 9.17) is 4.74 Å². The van der Waals surface area contributed by atoms with Crippen LogP contribution in [0.4, 0.5) is 0 Å². The molecule has 1 aliphatic heterocycles. The molecule has 3 amide bonds. The van der Waals surface area contributed by atoms with Crippen LogP contribution in [0, 0.1) is 11.8 Å². The smallest absolute Gasteiger partial charge is 0.244 e. The van der Waals surface area contributed by atoms with Crippen LogP contribution in [0.1, 0.15) is 39.3 Å². The van der Waals surface area contributed by atoms with Crippen molar-refractivity contribution in [2.45, 2.75) is 24.3 Å².